The summed E-state index contributed by atoms with van der Waals surface area (Å²) >= 11 is 0. The third-order valence-electron chi connectivity index (χ3n) is 8.18. The Bertz CT molecular complexity index is 854. The number of benzene rings is 1. The lowest BCUT2D eigenvalue weighted by molar-refractivity contribution is -0.231. The molecule has 8 heteroatoms. The summed E-state index contributed by atoms with van der Waals surface area (Å²) in [6.07, 6.45) is 5.99. The topological polar surface area (TPSA) is 57.7 Å². The van der Waals surface area contributed by atoms with Crippen LogP contribution >= 0.6 is 0 Å². The third-order valence-corrected chi connectivity index (χ3v) is 8.18. The van der Waals surface area contributed by atoms with E-state index in [0.717, 1.165) is 69.5 Å². The second kappa shape index (κ2) is 8.96. The number of piperazine rings is 1. The fourth-order valence-electron chi connectivity index (χ4n) is 5.75. The van der Waals surface area contributed by atoms with Crippen LogP contribution in [-0.2, 0) is 16.1 Å². The number of hydrogen-bond donors (Lipinski definition) is 0. The van der Waals surface area contributed by atoms with Gasteiger partial charge in [0, 0.05) is 82.5 Å². The van der Waals surface area contributed by atoms with Gasteiger partial charge in [-0.1, -0.05) is 6.42 Å². The number of hydrogen-bond acceptors (Lipinski definition) is 6. The fraction of sp³-hybridized carbons (Fsp3) is 0.720. The van der Waals surface area contributed by atoms with Crippen LogP contribution in [-0.4, -0.2) is 98.1 Å². The molecule has 180 valence electrons. The average molecular weight is 457 g/mol. The van der Waals surface area contributed by atoms with Gasteiger partial charge in [-0.3, -0.25) is 4.90 Å². The molecular formula is C25H36N4O4. The number of morpholine rings is 1. The monoisotopic (exact) mass is 456 g/mol. The Morgan fingerprint density at radius 2 is 1.64 bits per heavy atom. The highest BCUT2D eigenvalue weighted by molar-refractivity contribution is 5.75. The van der Waals surface area contributed by atoms with Gasteiger partial charge in [-0.05, 0) is 31.0 Å². The first-order valence-electron chi connectivity index (χ1n) is 12.8. The average Bonchev–Trinajstić information content (AvgIpc) is 2.84. The van der Waals surface area contributed by atoms with Crippen molar-refractivity contribution in [2.24, 2.45) is 0 Å². The number of anilines is 1. The van der Waals surface area contributed by atoms with E-state index in [1.54, 1.807) is 0 Å². The zero-order valence-corrected chi connectivity index (χ0v) is 19.5. The molecule has 6 rings (SSSR count). The van der Waals surface area contributed by atoms with Crippen LogP contribution in [0.5, 0.6) is 5.75 Å². The van der Waals surface area contributed by atoms with Crippen LogP contribution in [0.25, 0.3) is 0 Å². The number of likely N-dealkylation sites (tertiary alicyclic amines) is 1. The molecule has 3 saturated heterocycles. The molecule has 1 aromatic carbocycles. The molecule has 0 aromatic heterocycles. The third kappa shape index (κ3) is 4.29. The molecule has 0 atom stereocenters. The van der Waals surface area contributed by atoms with E-state index in [0.29, 0.717) is 32.9 Å². The smallest absolute Gasteiger partial charge is 0.320 e. The van der Waals surface area contributed by atoms with E-state index in [1.807, 2.05) is 9.80 Å². The molecule has 2 amide bonds. The molecule has 8 nitrogen and oxygen atoms in total. The van der Waals surface area contributed by atoms with Gasteiger partial charge in [0.15, 0.2) is 0 Å². The first-order chi connectivity index (χ1) is 16.2. The molecule has 5 aliphatic rings. The molecule has 1 spiro atoms. The van der Waals surface area contributed by atoms with Gasteiger partial charge in [-0.2, -0.15) is 0 Å². The minimum atomic E-state index is -0.444. The zero-order chi connectivity index (χ0) is 22.3. The SMILES string of the molecule is O=C(N1CCOCC1)N1CCN(c2ccc3c(c2)COC2(CCN(C4CCC4)CC2)O3)CC1. The Hall–Kier alpha value is -2.03. The number of ether oxygens (including phenoxy) is 3. The van der Waals surface area contributed by atoms with Crippen molar-refractivity contribution in [3.05, 3.63) is 23.8 Å². The summed E-state index contributed by atoms with van der Waals surface area (Å²) in [5.74, 6) is 0.531. The molecule has 1 saturated carbocycles. The molecule has 0 bridgehead atoms. The lowest BCUT2D eigenvalue weighted by Crippen LogP contribution is -2.55. The molecule has 4 aliphatic heterocycles. The number of carbonyl (C=O) groups excluding carboxylic acids is 1. The Labute approximate surface area is 196 Å². The predicted octanol–water partition coefficient (Wildman–Crippen LogP) is 2.51. The van der Waals surface area contributed by atoms with E-state index in [2.05, 4.69) is 28.0 Å². The molecule has 4 fully saturated rings. The van der Waals surface area contributed by atoms with Gasteiger partial charge in [0.05, 0.1) is 19.8 Å². The first-order valence-corrected chi connectivity index (χ1v) is 12.8. The van der Waals surface area contributed by atoms with E-state index < -0.39 is 5.79 Å². The van der Waals surface area contributed by atoms with Crippen molar-refractivity contribution in [3.8, 4) is 5.75 Å². The fourth-order valence-corrected chi connectivity index (χ4v) is 5.75. The van der Waals surface area contributed by atoms with Crippen molar-refractivity contribution in [3.63, 3.8) is 0 Å². The van der Waals surface area contributed by atoms with E-state index in [9.17, 15) is 4.79 Å². The molecule has 0 radical (unpaired) electrons. The minimum absolute atomic E-state index is 0.152. The van der Waals surface area contributed by atoms with Crippen molar-refractivity contribution >= 4 is 11.7 Å². The Balaban J connectivity index is 1.04. The quantitative estimate of drug-likeness (QED) is 0.682. The maximum Gasteiger partial charge on any atom is 0.320 e. The highest BCUT2D eigenvalue weighted by Gasteiger charge is 2.43. The van der Waals surface area contributed by atoms with E-state index in [-0.39, 0.29) is 6.03 Å². The van der Waals surface area contributed by atoms with Crippen molar-refractivity contribution < 1.29 is 19.0 Å². The second-order valence-electron chi connectivity index (χ2n) is 10.1. The van der Waals surface area contributed by atoms with Crippen LogP contribution < -0.4 is 9.64 Å². The van der Waals surface area contributed by atoms with Gasteiger partial charge in [-0.15, -0.1) is 0 Å². The normalized spacial score (nSPS) is 26.0. The molecule has 0 unspecified atom stereocenters. The van der Waals surface area contributed by atoms with Crippen molar-refractivity contribution in [1.29, 1.82) is 0 Å². The van der Waals surface area contributed by atoms with Gasteiger partial charge >= 0.3 is 6.03 Å². The summed E-state index contributed by atoms with van der Waals surface area (Å²) in [6, 6.07) is 7.45. The molecule has 4 heterocycles. The van der Waals surface area contributed by atoms with Gasteiger partial charge in [-0.25, -0.2) is 4.79 Å². The maximum atomic E-state index is 12.8. The van der Waals surface area contributed by atoms with E-state index in [1.165, 1.54) is 24.9 Å². The van der Waals surface area contributed by atoms with Crippen LogP contribution in [0.3, 0.4) is 0 Å². The standard InChI is InChI=1S/C25H36N4O4/c30-24(29-14-16-31-17-15-29)28-12-10-27(11-13-28)22-4-5-23-20(18-22)19-32-25(33-23)6-8-26(9-7-25)21-2-1-3-21/h4-5,18,21H,1-3,6-17,19H2. The summed E-state index contributed by atoms with van der Waals surface area (Å²) in [6.45, 7) is 8.64. The molecule has 1 aliphatic carbocycles. The lowest BCUT2D eigenvalue weighted by atomic mass is 9.89. The highest BCUT2D eigenvalue weighted by Crippen LogP contribution is 2.40. The highest BCUT2D eigenvalue weighted by atomic mass is 16.7. The number of fused-ring (bicyclic) bond motifs is 1. The summed E-state index contributed by atoms with van der Waals surface area (Å²) in [5.41, 5.74) is 2.32. The number of urea groups is 1. The molecular weight excluding hydrogens is 420 g/mol. The van der Waals surface area contributed by atoms with Crippen molar-refractivity contribution in [2.45, 2.75) is 50.5 Å². The van der Waals surface area contributed by atoms with E-state index in [4.69, 9.17) is 14.2 Å². The predicted molar refractivity (Wildman–Crippen MR) is 125 cm³/mol. The molecule has 1 aromatic rings. The minimum Gasteiger partial charge on any atom is -0.462 e. The van der Waals surface area contributed by atoms with Gasteiger partial charge in [0.25, 0.3) is 0 Å². The summed E-state index contributed by atoms with van der Waals surface area (Å²) in [4.78, 5) is 21.6. The number of amides is 2. The van der Waals surface area contributed by atoms with E-state index >= 15 is 0 Å². The van der Waals surface area contributed by atoms with Gasteiger partial charge in [0.1, 0.15) is 5.75 Å². The van der Waals surface area contributed by atoms with Crippen LogP contribution in [0.15, 0.2) is 18.2 Å². The number of carbonyl (C=O) groups is 1. The number of rotatable bonds is 2. The van der Waals surface area contributed by atoms with Crippen molar-refractivity contribution in [2.75, 3.05) is 70.5 Å². The maximum absolute atomic E-state index is 12.8. The number of nitrogens with zero attached hydrogens (tertiary/aromatic N) is 4. The zero-order valence-electron chi connectivity index (χ0n) is 19.5. The van der Waals surface area contributed by atoms with Crippen molar-refractivity contribution in [1.82, 2.24) is 14.7 Å². The summed E-state index contributed by atoms with van der Waals surface area (Å²) < 4.78 is 18.2. The number of piperidine rings is 1. The van der Waals surface area contributed by atoms with Crippen LogP contribution in [0.2, 0.25) is 0 Å². The lowest BCUT2D eigenvalue weighted by Gasteiger charge is -2.47. The van der Waals surface area contributed by atoms with Crippen LogP contribution in [0.1, 0.15) is 37.7 Å². The largest absolute Gasteiger partial charge is 0.462 e. The van der Waals surface area contributed by atoms with Crippen LogP contribution in [0, 0.1) is 0 Å². The Morgan fingerprint density at radius 3 is 2.33 bits per heavy atom. The summed E-state index contributed by atoms with van der Waals surface area (Å²) in [7, 11) is 0. The molecule has 0 N–H and O–H groups in total. The van der Waals surface area contributed by atoms with Gasteiger partial charge < -0.3 is 28.9 Å². The second-order valence-corrected chi connectivity index (χ2v) is 10.1. The Kier molecular flexibility index (Phi) is 5.84. The molecule has 33 heavy (non-hydrogen) atoms. The Morgan fingerprint density at radius 1 is 0.909 bits per heavy atom. The van der Waals surface area contributed by atoms with Gasteiger partial charge in [0.2, 0.25) is 5.79 Å². The summed E-state index contributed by atoms with van der Waals surface area (Å²) in [5, 5.41) is 0. The van der Waals surface area contributed by atoms with Crippen LogP contribution in [0.4, 0.5) is 10.5 Å². The first kappa shape index (κ1) is 21.5.